The van der Waals surface area contributed by atoms with Crippen LogP contribution in [0.3, 0.4) is 0 Å². The Labute approximate surface area is 384 Å². The van der Waals surface area contributed by atoms with E-state index >= 15 is 0 Å². The highest BCUT2D eigenvalue weighted by Gasteiger charge is 2.24. The Hall–Kier alpha value is -6.30. The van der Waals surface area contributed by atoms with Crippen molar-refractivity contribution >= 4 is 22.7 Å². The predicted octanol–water partition coefficient (Wildman–Crippen LogP) is 11.7. The van der Waals surface area contributed by atoms with Crippen LogP contribution in [0.1, 0.15) is 66.2 Å². The van der Waals surface area contributed by atoms with Crippen LogP contribution in [-0.2, 0) is 28.5 Å². The van der Waals surface area contributed by atoms with E-state index in [-0.39, 0.29) is 63.0 Å². The van der Waals surface area contributed by atoms with E-state index in [2.05, 4.69) is 27.0 Å². The van der Waals surface area contributed by atoms with Crippen molar-refractivity contribution in [1.29, 1.82) is 0 Å². The minimum absolute atomic E-state index is 0.0396. The molecule has 0 amide bonds. The zero-order valence-corrected chi connectivity index (χ0v) is 38.2. The Bertz CT molecular complexity index is 2210. The van der Waals surface area contributed by atoms with Gasteiger partial charge in [-0.25, -0.2) is 9.59 Å². The molecule has 0 aliphatic rings. The molecule has 0 aromatic heterocycles. The molecule has 346 valence electrons. The highest BCUT2D eigenvalue weighted by Crippen LogP contribution is 2.44. The van der Waals surface area contributed by atoms with Gasteiger partial charge in [0.15, 0.2) is 23.7 Å². The summed E-state index contributed by atoms with van der Waals surface area (Å²) in [6, 6.07) is 37.9. The Morgan fingerprint density at radius 3 is 1.37 bits per heavy atom. The van der Waals surface area contributed by atoms with E-state index in [1.165, 1.54) is 0 Å². The monoisotopic (exact) mass is 888 g/mol. The zero-order valence-electron chi connectivity index (χ0n) is 38.2. The third-order valence-corrected chi connectivity index (χ3v) is 10.0. The van der Waals surface area contributed by atoms with Gasteiger partial charge in [0, 0.05) is 28.0 Å². The van der Waals surface area contributed by atoms with Crippen molar-refractivity contribution in [2.24, 2.45) is 0 Å². The highest BCUT2D eigenvalue weighted by molar-refractivity contribution is 5.96. The van der Waals surface area contributed by atoms with Gasteiger partial charge in [-0.1, -0.05) is 119 Å². The Morgan fingerprint density at radius 1 is 0.492 bits per heavy atom. The Kier molecular flexibility index (Phi) is 20.7. The van der Waals surface area contributed by atoms with Crippen LogP contribution in [-0.4, -0.2) is 76.0 Å². The predicted molar refractivity (Wildman–Crippen MR) is 253 cm³/mol. The van der Waals surface area contributed by atoms with E-state index in [1.54, 1.807) is 19.9 Å². The molecule has 0 saturated carbocycles. The van der Waals surface area contributed by atoms with Gasteiger partial charge in [-0.05, 0) is 75.9 Å². The lowest BCUT2D eigenvalue weighted by Gasteiger charge is -2.24. The summed E-state index contributed by atoms with van der Waals surface area (Å²) >= 11 is 0. The van der Waals surface area contributed by atoms with Crippen LogP contribution < -0.4 is 23.7 Å². The van der Waals surface area contributed by atoms with Crippen molar-refractivity contribution in [2.75, 3.05) is 39.6 Å². The van der Waals surface area contributed by atoms with Crippen LogP contribution in [0.4, 0.5) is 0 Å². The van der Waals surface area contributed by atoms with Crippen molar-refractivity contribution in [3.05, 3.63) is 146 Å². The number of carbonyl (C=O) groups is 2. The maximum Gasteiger partial charge on any atom is 0.333 e. The quantitative estimate of drug-likeness (QED) is 0.0324. The molecule has 4 unspecified atom stereocenters. The molecule has 0 aliphatic carbocycles. The number of fused-ring (bicyclic) bond motifs is 1. The second kappa shape index (κ2) is 27.1. The molecule has 5 rings (SSSR count). The van der Waals surface area contributed by atoms with Gasteiger partial charge >= 0.3 is 11.9 Å². The second-order valence-corrected chi connectivity index (χ2v) is 15.9. The average Bonchev–Trinajstić information content (AvgIpc) is 3.31. The number of para-hydroxylation sites is 3. The lowest BCUT2D eigenvalue weighted by molar-refractivity contribution is -0.150. The van der Waals surface area contributed by atoms with Crippen molar-refractivity contribution < 1.29 is 52.2 Å². The first kappa shape index (κ1) is 49.7. The standard InChI is InChI=1S/C54H64O11/c1-7-9-22-44(61-41-24-14-11-15-25-41)33-57-35-46(64-53(55)39(3)4)37-59-50-32-51(63-43-28-18-13-19-29-43)52(49-31-21-20-30-48(49)50)60-38-47(65-54(56)40(5)6)36-58-34-45(23-10-8-2)62-42-26-16-12-17-27-42/h11-21,24-32,44-47H,3,5,7-10,22-23,33-38H2,1-2,4,6H3. The third-order valence-electron chi connectivity index (χ3n) is 10.0. The molecular formula is C54H64O11. The first-order valence-corrected chi connectivity index (χ1v) is 22.5. The number of unbranched alkanes of at least 4 members (excludes halogenated alkanes) is 2. The SMILES string of the molecule is C=C(C)C(=O)OC(COCC(CCCC)Oc1ccccc1)COc1cc(Oc2ccccc2)c(OCC(COCC(CCCC)Oc2ccccc2)OC(=O)C(=C)C)c2ccccc12. The first-order valence-electron chi connectivity index (χ1n) is 22.5. The van der Waals surface area contributed by atoms with E-state index in [0.717, 1.165) is 50.0 Å². The highest BCUT2D eigenvalue weighted by atomic mass is 16.6. The third kappa shape index (κ3) is 17.0. The smallest absolute Gasteiger partial charge is 0.333 e. The summed E-state index contributed by atoms with van der Waals surface area (Å²) in [6.07, 6.45) is 3.55. The molecule has 11 heteroatoms. The van der Waals surface area contributed by atoms with Gasteiger partial charge in [-0.2, -0.15) is 0 Å². The normalized spacial score (nSPS) is 12.9. The maximum absolute atomic E-state index is 12.9. The number of rotatable bonds is 30. The number of hydrogen-bond acceptors (Lipinski definition) is 11. The van der Waals surface area contributed by atoms with Crippen LogP contribution >= 0.6 is 0 Å². The number of ether oxygens (including phenoxy) is 9. The molecule has 0 radical (unpaired) electrons. The second-order valence-electron chi connectivity index (χ2n) is 15.9. The summed E-state index contributed by atoms with van der Waals surface area (Å²) in [7, 11) is 0. The van der Waals surface area contributed by atoms with Gasteiger partial charge in [0.05, 0.1) is 26.4 Å². The van der Waals surface area contributed by atoms with Gasteiger partial charge < -0.3 is 42.6 Å². The van der Waals surface area contributed by atoms with E-state index in [4.69, 9.17) is 42.6 Å². The lowest BCUT2D eigenvalue weighted by atomic mass is 10.1. The van der Waals surface area contributed by atoms with Crippen molar-refractivity contribution in [3.8, 4) is 34.5 Å². The molecule has 11 nitrogen and oxygen atoms in total. The maximum atomic E-state index is 12.9. The molecule has 5 aromatic rings. The molecule has 0 saturated heterocycles. The molecule has 0 heterocycles. The molecule has 0 N–H and O–H groups in total. The summed E-state index contributed by atoms with van der Waals surface area (Å²) in [4.78, 5) is 25.8. The molecule has 4 atom stereocenters. The summed E-state index contributed by atoms with van der Waals surface area (Å²) in [5, 5.41) is 1.37. The molecule has 0 fully saturated rings. The first-order chi connectivity index (χ1) is 31.6. The van der Waals surface area contributed by atoms with Crippen LogP contribution in [0.25, 0.3) is 10.8 Å². The van der Waals surface area contributed by atoms with E-state index < -0.39 is 24.1 Å². The van der Waals surface area contributed by atoms with E-state index in [0.29, 0.717) is 33.8 Å². The van der Waals surface area contributed by atoms with Crippen LogP contribution in [0.5, 0.6) is 34.5 Å². The summed E-state index contributed by atoms with van der Waals surface area (Å²) in [6.45, 7) is 15.5. The molecule has 0 aliphatic heterocycles. The van der Waals surface area contributed by atoms with Gasteiger partial charge in [-0.15, -0.1) is 0 Å². The lowest BCUT2D eigenvalue weighted by Crippen LogP contribution is -2.33. The van der Waals surface area contributed by atoms with Crippen molar-refractivity contribution in [3.63, 3.8) is 0 Å². The van der Waals surface area contributed by atoms with Gasteiger partial charge in [0.1, 0.15) is 48.4 Å². The fourth-order valence-electron chi connectivity index (χ4n) is 6.61. The Morgan fingerprint density at radius 2 is 0.908 bits per heavy atom. The van der Waals surface area contributed by atoms with Crippen molar-refractivity contribution in [2.45, 2.75) is 90.6 Å². The largest absolute Gasteiger partial charge is 0.489 e. The number of benzene rings is 5. The van der Waals surface area contributed by atoms with Crippen molar-refractivity contribution in [1.82, 2.24) is 0 Å². The zero-order chi connectivity index (χ0) is 46.2. The van der Waals surface area contributed by atoms with Crippen LogP contribution in [0.2, 0.25) is 0 Å². The van der Waals surface area contributed by atoms with E-state index in [9.17, 15) is 9.59 Å². The molecule has 0 bridgehead atoms. The topological polar surface area (TPSA) is 117 Å². The average molecular weight is 889 g/mol. The summed E-state index contributed by atoms with van der Waals surface area (Å²) in [5.41, 5.74) is 0.501. The summed E-state index contributed by atoms with van der Waals surface area (Å²) in [5.74, 6) is 2.14. The van der Waals surface area contributed by atoms with E-state index in [1.807, 2.05) is 115 Å². The van der Waals surface area contributed by atoms with Crippen LogP contribution in [0, 0.1) is 0 Å². The molecule has 0 spiro atoms. The van der Waals surface area contributed by atoms with Gasteiger partial charge in [0.2, 0.25) is 0 Å². The molecular weight excluding hydrogens is 825 g/mol. The Balaban J connectivity index is 1.37. The number of esters is 2. The fourth-order valence-corrected chi connectivity index (χ4v) is 6.61. The van der Waals surface area contributed by atoms with Crippen LogP contribution in [0.15, 0.2) is 146 Å². The van der Waals surface area contributed by atoms with Gasteiger partial charge in [0.25, 0.3) is 0 Å². The van der Waals surface area contributed by atoms with Gasteiger partial charge in [-0.3, -0.25) is 0 Å². The summed E-state index contributed by atoms with van der Waals surface area (Å²) < 4.78 is 56.1. The molecule has 5 aromatic carbocycles. The fraction of sp³-hybridized carbons (Fsp3) is 0.370. The molecule has 65 heavy (non-hydrogen) atoms. The number of hydrogen-bond donors (Lipinski definition) is 0. The number of carbonyl (C=O) groups excluding carboxylic acids is 2. The minimum Gasteiger partial charge on any atom is -0.489 e. The minimum atomic E-state index is -0.814.